The predicted molar refractivity (Wildman–Crippen MR) is 60.0 cm³/mol. The van der Waals surface area contributed by atoms with Crippen molar-refractivity contribution in [3.05, 3.63) is 39.9 Å². The van der Waals surface area contributed by atoms with E-state index in [0.717, 1.165) is 15.6 Å². The maximum absolute atomic E-state index is 10.7. The molecular formula is C11H11BrO2. The van der Waals surface area contributed by atoms with Gasteiger partial charge >= 0.3 is 5.97 Å². The van der Waals surface area contributed by atoms with Gasteiger partial charge in [-0.15, -0.1) is 0 Å². The Hall–Kier alpha value is -1.09. The lowest BCUT2D eigenvalue weighted by atomic mass is 10.0. The average Bonchev–Trinajstić information content (AvgIpc) is 2.16. The van der Waals surface area contributed by atoms with E-state index in [1.54, 1.807) is 6.92 Å². The topological polar surface area (TPSA) is 37.3 Å². The Labute approximate surface area is 91.4 Å². The number of hydrogen-bond donors (Lipinski definition) is 1. The van der Waals surface area contributed by atoms with Crippen LogP contribution in [0.15, 0.2) is 34.3 Å². The number of halogens is 1. The van der Waals surface area contributed by atoms with Gasteiger partial charge in [0.25, 0.3) is 0 Å². The lowest BCUT2D eigenvalue weighted by Crippen LogP contribution is -1.98. The molecule has 0 spiro atoms. The molecule has 0 aliphatic carbocycles. The zero-order valence-corrected chi connectivity index (χ0v) is 9.63. The Balaban J connectivity index is 3.12. The van der Waals surface area contributed by atoms with Crippen molar-refractivity contribution in [1.29, 1.82) is 0 Å². The van der Waals surface area contributed by atoms with Crippen molar-refractivity contribution in [2.75, 3.05) is 0 Å². The summed E-state index contributed by atoms with van der Waals surface area (Å²) in [5, 5.41) is 8.80. The third kappa shape index (κ3) is 2.45. The van der Waals surface area contributed by atoms with Crippen LogP contribution in [0.25, 0.3) is 5.57 Å². The average molecular weight is 255 g/mol. The Morgan fingerprint density at radius 3 is 2.14 bits per heavy atom. The fraction of sp³-hybridized carbons (Fsp3) is 0.182. The number of carboxylic acids is 1. The number of aliphatic carboxylic acids is 1. The fourth-order valence-corrected chi connectivity index (χ4v) is 1.34. The van der Waals surface area contributed by atoms with Gasteiger partial charge in [-0.05, 0) is 37.1 Å². The molecule has 2 nitrogen and oxygen atoms in total. The van der Waals surface area contributed by atoms with Gasteiger partial charge in [0.05, 0.1) is 0 Å². The molecule has 0 aromatic heterocycles. The van der Waals surface area contributed by atoms with E-state index in [-0.39, 0.29) is 0 Å². The van der Waals surface area contributed by atoms with Crippen LogP contribution in [0.2, 0.25) is 0 Å². The molecule has 0 aliphatic rings. The van der Waals surface area contributed by atoms with E-state index >= 15 is 0 Å². The summed E-state index contributed by atoms with van der Waals surface area (Å²) in [4.78, 5) is 10.7. The quantitative estimate of drug-likeness (QED) is 0.823. The zero-order chi connectivity index (χ0) is 10.7. The molecule has 14 heavy (non-hydrogen) atoms. The molecule has 1 rings (SSSR count). The van der Waals surface area contributed by atoms with Gasteiger partial charge in [-0.3, -0.25) is 0 Å². The highest BCUT2D eigenvalue weighted by atomic mass is 79.9. The molecule has 1 N–H and O–H groups in total. The van der Waals surface area contributed by atoms with Gasteiger partial charge in [0.15, 0.2) is 0 Å². The number of hydrogen-bond acceptors (Lipinski definition) is 1. The van der Waals surface area contributed by atoms with Crippen LogP contribution in [-0.4, -0.2) is 11.1 Å². The summed E-state index contributed by atoms with van der Waals surface area (Å²) in [6.07, 6.45) is 0. The maximum atomic E-state index is 10.7. The largest absolute Gasteiger partial charge is 0.478 e. The van der Waals surface area contributed by atoms with Gasteiger partial charge in [0.2, 0.25) is 0 Å². The molecule has 0 saturated heterocycles. The Morgan fingerprint density at radius 1 is 1.21 bits per heavy atom. The Morgan fingerprint density at radius 2 is 1.71 bits per heavy atom. The molecule has 0 aliphatic heterocycles. The van der Waals surface area contributed by atoms with Gasteiger partial charge in [0.1, 0.15) is 0 Å². The summed E-state index contributed by atoms with van der Waals surface area (Å²) in [5.74, 6) is -0.870. The third-order valence-electron chi connectivity index (χ3n) is 2.16. The first-order valence-corrected chi connectivity index (χ1v) is 4.98. The molecule has 0 amide bonds. The van der Waals surface area contributed by atoms with Crippen molar-refractivity contribution in [1.82, 2.24) is 0 Å². The number of rotatable bonds is 2. The molecule has 74 valence electrons. The first kappa shape index (κ1) is 11.0. The summed E-state index contributed by atoms with van der Waals surface area (Å²) < 4.78 is 0.988. The second-order valence-corrected chi connectivity index (χ2v) is 3.98. The SMILES string of the molecule is C/C(C(=O)O)=C(\C)c1ccc(Br)cc1. The molecular weight excluding hydrogens is 244 g/mol. The van der Waals surface area contributed by atoms with Crippen molar-refractivity contribution in [2.24, 2.45) is 0 Å². The van der Waals surface area contributed by atoms with Crippen molar-refractivity contribution < 1.29 is 9.90 Å². The van der Waals surface area contributed by atoms with Gasteiger partial charge in [-0.25, -0.2) is 4.79 Å². The van der Waals surface area contributed by atoms with Crippen LogP contribution in [0.4, 0.5) is 0 Å². The minimum atomic E-state index is -0.870. The number of carbonyl (C=O) groups is 1. The highest BCUT2D eigenvalue weighted by molar-refractivity contribution is 9.10. The number of allylic oxidation sites excluding steroid dienone is 1. The van der Waals surface area contributed by atoms with Crippen LogP contribution >= 0.6 is 15.9 Å². The van der Waals surface area contributed by atoms with Crippen LogP contribution in [-0.2, 0) is 4.79 Å². The van der Waals surface area contributed by atoms with Crippen molar-refractivity contribution in [3.8, 4) is 0 Å². The van der Waals surface area contributed by atoms with E-state index in [1.807, 2.05) is 31.2 Å². The first-order valence-electron chi connectivity index (χ1n) is 4.19. The van der Waals surface area contributed by atoms with Gasteiger partial charge in [-0.2, -0.15) is 0 Å². The van der Waals surface area contributed by atoms with E-state index < -0.39 is 5.97 Å². The van der Waals surface area contributed by atoms with E-state index in [0.29, 0.717) is 5.57 Å². The Kier molecular flexibility index (Phi) is 3.47. The van der Waals surface area contributed by atoms with Crippen LogP contribution in [0.3, 0.4) is 0 Å². The smallest absolute Gasteiger partial charge is 0.331 e. The summed E-state index contributed by atoms with van der Waals surface area (Å²) in [7, 11) is 0. The second-order valence-electron chi connectivity index (χ2n) is 3.06. The van der Waals surface area contributed by atoms with Crippen LogP contribution in [0.5, 0.6) is 0 Å². The molecule has 0 radical (unpaired) electrons. The van der Waals surface area contributed by atoms with E-state index in [4.69, 9.17) is 5.11 Å². The predicted octanol–water partition coefficient (Wildman–Crippen LogP) is 3.33. The number of benzene rings is 1. The molecule has 0 unspecified atom stereocenters. The monoisotopic (exact) mass is 254 g/mol. The summed E-state index contributed by atoms with van der Waals surface area (Å²) in [6, 6.07) is 7.58. The fourth-order valence-electron chi connectivity index (χ4n) is 1.08. The second kappa shape index (κ2) is 4.42. The van der Waals surface area contributed by atoms with Crippen molar-refractivity contribution in [3.63, 3.8) is 0 Å². The van der Waals surface area contributed by atoms with Crippen LogP contribution < -0.4 is 0 Å². The number of carboxylic acid groups (broad SMARTS) is 1. The normalized spacial score (nSPS) is 12.2. The molecule has 1 aromatic rings. The highest BCUT2D eigenvalue weighted by Crippen LogP contribution is 2.20. The lowest BCUT2D eigenvalue weighted by Gasteiger charge is -2.04. The van der Waals surface area contributed by atoms with Crippen LogP contribution in [0, 0.1) is 0 Å². The van der Waals surface area contributed by atoms with Gasteiger partial charge in [-0.1, -0.05) is 28.1 Å². The van der Waals surface area contributed by atoms with Gasteiger partial charge in [0, 0.05) is 10.0 Å². The molecule has 1 aromatic carbocycles. The molecule has 0 saturated carbocycles. The third-order valence-corrected chi connectivity index (χ3v) is 2.69. The minimum absolute atomic E-state index is 0.382. The van der Waals surface area contributed by atoms with Gasteiger partial charge < -0.3 is 5.11 Å². The standard InChI is InChI=1S/C11H11BrO2/c1-7(8(2)11(13)14)9-3-5-10(12)6-4-9/h3-6H,1-2H3,(H,13,14)/b8-7-. The van der Waals surface area contributed by atoms with E-state index in [9.17, 15) is 4.79 Å². The molecule has 3 heteroatoms. The minimum Gasteiger partial charge on any atom is -0.478 e. The molecule has 0 atom stereocenters. The first-order chi connectivity index (χ1) is 6.52. The van der Waals surface area contributed by atoms with E-state index in [1.165, 1.54) is 0 Å². The highest BCUT2D eigenvalue weighted by Gasteiger charge is 2.06. The van der Waals surface area contributed by atoms with Crippen molar-refractivity contribution in [2.45, 2.75) is 13.8 Å². The summed E-state index contributed by atoms with van der Waals surface area (Å²) >= 11 is 3.33. The summed E-state index contributed by atoms with van der Waals surface area (Å²) in [6.45, 7) is 3.42. The van der Waals surface area contributed by atoms with Crippen LogP contribution in [0.1, 0.15) is 19.4 Å². The van der Waals surface area contributed by atoms with Crippen molar-refractivity contribution >= 4 is 27.5 Å². The molecule has 0 heterocycles. The zero-order valence-electron chi connectivity index (χ0n) is 8.04. The summed E-state index contributed by atoms with van der Waals surface area (Å²) in [5.41, 5.74) is 2.12. The van der Waals surface area contributed by atoms with E-state index in [2.05, 4.69) is 15.9 Å². The molecule has 0 fully saturated rings. The maximum Gasteiger partial charge on any atom is 0.331 e. The Bertz CT molecular complexity index is 377. The lowest BCUT2D eigenvalue weighted by molar-refractivity contribution is -0.132. The molecule has 0 bridgehead atoms.